The van der Waals surface area contributed by atoms with Gasteiger partial charge in [-0.15, -0.1) is 0 Å². The van der Waals surface area contributed by atoms with Crippen molar-refractivity contribution in [2.75, 3.05) is 7.11 Å². The van der Waals surface area contributed by atoms with E-state index in [0.29, 0.717) is 18.4 Å². The lowest BCUT2D eigenvalue weighted by atomic mass is 9.90. The molecule has 1 aliphatic rings. The molecule has 0 aliphatic carbocycles. The Balaban J connectivity index is 2.15. The lowest BCUT2D eigenvalue weighted by Gasteiger charge is -2.23. The van der Waals surface area contributed by atoms with Crippen LogP contribution in [-0.4, -0.2) is 13.0 Å². The Bertz CT molecular complexity index is 514. The van der Waals surface area contributed by atoms with Crippen LogP contribution in [-0.2, 0) is 16.0 Å². The minimum absolute atomic E-state index is 0.0882. The summed E-state index contributed by atoms with van der Waals surface area (Å²) in [6, 6.07) is 11.9. The fourth-order valence-electron chi connectivity index (χ4n) is 2.06. The van der Waals surface area contributed by atoms with Crippen LogP contribution in [0.1, 0.15) is 12.0 Å². The number of hydrogen-bond acceptors (Lipinski definition) is 3. The number of nitriles is 1. The largest absolute Gasteiger partial charge is 0.482 e. The smallest absolute Gasteiger partial charge is 0.230 e. The van der Waals surface area contributed by atoms with E-state index in [1.54, 1.807) is 0 Å². The summed E-state index contributed by atoms with van der Waals surface area (Å²) >= 11 is 0. The van der Waals surface area contributed by atoms with Crippen molar-refractivity contribution < 1.29 is 9.53 Å². The zero-order valence-corrected chi connectivity index (χ0v) is 10.1. The third kappa shape index (κ3) is 2.51. The number of hydrogen-bond donors (Lipinski definition) is 1. The van der Waals surface area contributed by atoms with Crippen LogP contribution in [0.5, 0.6) is 0 Å². The van der Waals surface area contributed by atoms with E-state index >= 15 is 0 Å². The third-order valence-electron chi connectivity index (χ3n) is 3.00. The second-order valence-electron chi connectivity index (χ2n) is 4.20. The zero-order valence-electron chi connectivity index (χ0n) is 10.1. The molecular weight excluding hydrogens is 228 g/mol. The second-order valence-corrected chi connectivity index (χ2v) is 4.20. The molecule has 0 aromatic heterocycles. The van der Waals surface area contributed by atoms with E-state index in [0.717, 1.165) is 5.56 Å². The highest BCUT2D eigenvalue weighted by Gasteiger charge is 2.28. The Kier molecular flexibility index (Phi) is 3.63. The van der Waals surface area contributed by atoms with Crippen molar-refractivity contribution in [2.45, 2.75) is 12.8 Å². The van der Waals surface area contributed by atoms with Crippen molar-refractivity contribution in [1.82, 2.24) is 5.32 Å². The molecule has 1 aliphatic heterocycles. The van der Waals surface area contributed by atoms with Gasteiger partial charge in [-0.3, -0.25) is 10.1 Å². The first-order valence-corrected chi connectivity index (χ1v) is 5.76. The van der Waals surface area contributed by atoms with Gasteiger partial charge in [0.25, 0.3) is 0 Å². The van der Waals surface area contributed by atoms with Crippen molar-refractivity contribution in [3.8, 4) is 6.07 Å². The molecule has 0 bridgehead atoms. The van der Waals surface area contributed by atoms with E-state index in [1.165, 1.54) is 7.11 Å². The summed E-state index contributed by atoms with van der Waals surface area (Å²) in [5.74, 6) is -0.0116. The molecule has 0 saturated heterocycles. The van der Waals surface area contributed by atoms with Crippen molar-refractivity contribution in [3.05, 3.63) is 47.4 Å². The van der Waals surface area contributed by atoms with E-state index in [4.69, 9.17) is 10.00 Å². The molecule has 0 radical (unpaired) electrons. The first-order valence-electron chi connectivity index (χ1n) is 5.76. The standard InChI is InChI=1S/C14H14N2O2/c1-18-14-12(9-15)8-11(13(17)16-14)7-10-5-3-2-4-6-10/h2-6,11H,7-8H2,1H3,(H,16,17). The predicted octanol–water partition coefficient (Wildman–Crippen LogP) is 1.75. The molecule has 92 valence electrons. The molecule has 1 unspecified atom stereocenters. The Morgan fingerprint density at radius 2 is 2.17 bits per heavy atom. The summed E-state index contributed by atoms with van der Waals surface area (Å²) in [4.78, 5) is 11.9. The van der Waals surface area contributed by atoms with Crippen LogP contribution in [0.2, 0.25) is 0 Å². The van der Waals surface area contributed by atoms with Crippen LogP contribution in [0.3, 0.4) is 0 Å². The number of carbonyl (C=O) groups is 1. The maximum absolute atomic E-state index is 11.9. The fourth-order valence-corrected chi connectivity index (χ4v) is 2.06. The topological polar surface area (TPSA) is 62.1 Å². The molecule has 0 saturated carbocycles. The first kappa shape index (κ1) is 12.2. The maximum atomic E-state index is 11.9. The molecule has 1 N–H and O–H groups in total. The summed E-state index contributed by atoms with van der Waals surface area (Å²) in [7, 11) is 1.45. The summed E-state index contributed by atoms with van der Waals surface area (Å²) < 4.78 is 4.99. The molecule has 4 nitrogen and oxygen atoms in total. The number of ether oxygens (including phenoxy) is 1. The molecule has 0 spiro atoms. The quantitative estimate of drug-likeness (QED) is 0.878. The number of carbonyl (C=O) groups excluding carboxylic acids is 1. The Morgan fingerprint density at radius 1 is 1.44 bits per heavy atom. The molecule has 4 heteroatoms. The molecule has 1 atom stereocenters. The van der Waals surface area contributed by atoms with Crippen LogP contribution in [0.15, 0.2) is 41.8 Å². The number of amides is 1. The van der Waals surface area contributed by atoms with Crippen LogP contribution in [0, 0.1) is 17.2 Å². The molecule has 2 rings (SSSR count). The molecule has 1 aromatic carbocycles. The molecule has 1 heterocycles. The van der Waals surface area contributed by atoms with Gasteiger partial charge >= 0.3 is 0 Å². The Morgan fingerprint density at radius 3 is 2.78 bits per heavy atom. The monoisotopic (exact) mass is 242 g/mol. The number of benzene rings is 1. The minimum atomic E-state index is -0.207. The number of allylic oxidation sites excluding steroid dienone is 1. The molecule has 0 fully saturated rings. The van der Waals surface area contributed by atoms with Gasteiger partial charge < -0.3 is 4.74 Å². The van der Waals surface area contributed by atoms with E-state index in [1.807, 2.05) is 30.3 Å². The van der Waals surface area contributed by atoms with Crippen molar-refractivity contribution in [3.63, 3.8) is 0 Å². The van der Waals surface area contributed by atoms with Crippen molar-refractivity contribution >= 4 is 5.91 Å². The molecule has 1 amide bonds. The second kappa shape index (κ2) is 5.37. The normalized spacial score (nSPS) is 19.1. The molecule has 18 heavy (non-hydrogen) atoms. The Labute approximate surface area is 106 Å². The molecule has 1 aromatic rings. The van der Waals surface area contributed by atoms with E-state index < -0.39 is 0 Å². The SMILES string of the molecule is COC1=C(C#N)CC(Cc2ccccc2)C(=O)N1. The summed E-state index contributed by atoms with van der Waals surface area (Å²) in [5.41, 5.74) is 1.59. The van der Waals surface area contributed by atoms with Gasteiger partial charge in [-0.05, 0) is 18.4 Å². The number of nitrogens with one attached hydrogen (secondary N) is 1. The van der Waals surface area contributed by atoms with Crippen molar-refractivity contribution in [1.29, 1.82) is 5.26 Å². The van der Waals surface area contributed by atoms with Crippen LogP contribution < -0.4 is 5.32 Å². The highest BCUT2D eigenvalue weighted by molar-refractivity contribution is 5.82. The van der Waals surface area contributed by atoms with Gasteiger partial charge in [0.2, 0.25) is 11.8 Å². The molecular formula is C14H14N2O2. The lowest BCUT2D eigenvalue weighted by Crippen LogP contribution is -2.37. The van der Waals surface area contributed by atoms with Gasteiger partial charge in [-0.25, -0.2) is 0 Å². The van der Waals surface area contributed by atoms with Crippen LogP contribution in [0.25, 0.3) is 0 Å². The zero-order chi connectivity index (χ0) is 13.0. The van der Waals surface area contributed by atoms with Gasteiger partial charge in [0, 0.05) is 5.92 Å². The highest BCUT2D eigenvalue weighted by atomic mass is 16.5. The maximum Gasteiger partial charge on any atom is 0.230 e. The fraction of sp³-hybridized carbons (Fsp3) is 0.286. The third-order valence-corrected chi connectivity index (χ3v) is 3.00. The van der Waals surface area contributed by atoms with E-state index in [9.17, 15) is 4.79 Å². The van der Waals surface area contributed by atoms with E-state index in [-0.39, 0.29) is 17.7 Å². The lowest BCUT2D eigenvalue weighted by molar-refractivity contribution is -0.125. The number of methoxy groups -OCH3 is 1. The average Bonchev–Trinajstić information content (AvgIpc) is 2.41. The van der Waals surface area contributed by atoms with Crippen LogP contribution >= 0.6 is 0 Å². The van der Waals surface area contributed by atoms with Gasteiger partial charge in [0.15, 0.2) is 0 Å². The number of rotatable bonds is 3. The first-order chi connectivity index (χ1) is 8.74. The Hall–Kier alpha value is -2.28. The summed E-state index contributed by atoms with van der Waals surface area (Å²) in [6.07, 6.45) is 1.06. The highest BCUT2D eigenvalue weighted by Crippen LogP contribution is 2.23. The summed E-state index contributed by atoms with van der Waals surface area (Å²) in [6.45, 7) is 0. The number of nitrogens with zero attached hydrogens (tertiary/aromatic N) is 1. The van der Waals surface area contributed by atoms with Gasteiger partial charge in [0.05, 0.1) is 12.7 Å². The van der Waals surface area contributed by atoms with Gasteiger partial charge in [-0.2, -0.15) is 5.26 Å². The average molecular weight is 242 g/mol. The summed E-state index contributed by atoms with van der Waals surface area (Å²) in [5, 5.41) is 11.7. The minimum Gasteiger partial charge on any atom is -0.482 e. The van der Waals surface area contributed by atoms with Gasteiger partial charge in [-0.1, -0.05) is 30.3 Å². The predicted molar refractivity (Wildman–Crippen MR) is 66.0 cm³/mol. The van der Waals surface area contributed by atoms with Crippen LogP contribution in [0.4, 0.5) is 0 Å². The van der Waals surface area contributed by atoms with E-state index in [2.05, 4.69) is 11.4 Å². The van der Waals surface area contributed by atoms with Gasteiger partial charge in [0.1, 0.15) is 6.07 Å². The van der Waals surface area contributed by atoms with Crippen molar-refractivity contribution in [2.24, 2.45) is 5.92 Å².